The number of aliphatic carboxylic acids is 1. The number of rotatable bonds is 4. The summed E-state index contributed by atoms with van der Waals surface area (Å²) in [5, 5.41) is 10.7. The third-order valence-electron chi connectivity index (χ3n) is 6.51. The zero-order valence-electron chi connectivity index (χ0n) is 16.0. The van der Waals surface area contributed by atoms with Crippen LogP contribution in [0.15, 0.2) is 23.3 Å². The highest BCUT2D eigenvalue weighted by Gasteiger charge is 2.47. The minimum absolute atomic E-state index is 0.0193. The first kappa shape index (κ1) is 17.8. The lowest BCUT2D eigenvalue weighted by atomic mass is 9.62. The van der Waals surface area contributed by atoms with Gasteiger partial charge in [-0.2, -0.15) is 0 Å². The Balaban J connectivity index is 1.93. The van der Waals surface area contributed by atoms with Crippen molar-refractivity contribution in [3.63, 3.8) is 0 Å². The molecule has 1 fully saturated rings. The van der Waals surface area contributed by atoms with Crippen molar-refractivity contribution in [2.24, 2.45) is 17.3 Å². The SMILES string of the molecule is CCC1CC(C)(C(=O)O)CC(CC)C1n1c(=O)[nH]c2cnc3[nH]ccc3c21. The van der Waals surface area contributed by atoms with Crippen LogP contribution in [0.3, 0.4) is 0 Å². The summed E-state index contributed by atoms with van der Waals surface area (Å²) in [6, 6.07) is 1.93. The number of aromatic nitrogens is 4. The van der Waals surface area contributed by atoms with Crippen LogP contribution in [-0.2, 0) is 4.79 Å². The smallest absolute Gasteiger partial charge is 0.326 e. The number of carboxylic acids is 1. The van der Waals surface area contributed by atoms with Crippen LogP contribution in [-0.4, -0.2) is 30.6 Å². The van der Waals surface area contributed by atoms with Crippen molar-refractivity contribution in [1.29, 1.82) is 0 Å². The normalized spacial score (nSPS) is 28.8. The van der Waals surface area contributed by atoms with E-state index in [0.717, 1.165) is 34.9 Å². The van der Waals surface area contributed by atoms with Crippen molar-refractivity contribution in [2.45, 2.75) is 52.5 Å². The van der Waals surface area contributed by atoms with E-state index in [2.05, 4.69) is 28.8 Å². The number of hydrogen-bond acceptors (Lipinski definition) is 3. The van der Waals surface area contributed by atoms with Gasteiger partial charge >= 0.3 is 11.7 Å². The number of imidazole rings is 1. The molecule has 0 saturated heterocycles. The summed E-state index contributed by atoms with van der Waals surface area (Å²) >= 11 is 0. The number of hydrogen-bond donors (Lipinski definition) is 3. The van der Waals surface area contributed by atoms with Crippen LogP contribution in [0, 0.1) is 17.3 Å². The fraction of sp³-hybridized carbons (Fsp3) is 0.550. The van der Waals surface area contributed by atoms with Crippen molar-refractivity contribution in [2.75, 3.05) is 0 Å². The Morgan fingerprint density at radius 2 is 2.00 bits per heavy atom. The maximum absolute atomic E-state index is 13.0. The first-order valence-electron chi connectivity index (χ1n) is 9.69. The predicted molar refractivity (Wildman–Crippen MR) is 104 cm³/mol. The highest BCUT2D eigenvalue weighted by atomic mass is 16.4. The minimum atomic E-state index is -0.738. The molecule has 27 heavy (non-hydrogen) atoms. The number of nitrogens with one attached hydrogen (secondary N) is 2. The molecule has 1 aliphatic rings. The lowest BCUT2D eigenvalue weighted by Crippen LogP contribution is -2.45. The second kappa shape index (κ2) is 6.25. The number of carbonyl (C=O) groups is 1. The molecule has 2 unspecified atom stereocenters. The molecule has 0 bridgehead atoms. The van der Waals surface area contributed by atoms with Gasteiger partial charge in [0.15, 0.2) is 0 Å². The number of H-pyrrole nitrogens is 2. The van der Waals surface area contributed by atoms with Crippen molar-refractivity contribution >= 4 is 28.0 Å². The average molecular weight is 370 g/mol. The van der Waals surface area contributed by atoms with Gasteiger partial charge in [0.05, 0.1) is 22.6 Å². The Hall–Kier alpha value is -2.57. The van der Waals surface area contributed by atoms with Crippen molar-refractivity contribution in [3.8, 4) is 0 Å². The van der Waals surface area contributed by atoms with Gasteiger partial charge in [0.25, 0.3) is 0 Å². The molecule has 0 spiro atoms. The molecule has 2 atom stereocenters. The Morgan fingerprint density at radius 1 is 1.33 bits per heavy atom. The summed E-state index contributed by atoms with van der Waals surface area (Å²) in [5.41, 5.74) is 1.47. The highest BCUT2D eigenvalue weighted by Crippen LogP contribution is 2.50. The molecule has 3 heterocycles. The summed E-state index contributed by atoms with van der Waals surface area (Å²) in [5.74, 6) is -0.478. The third-order valence-corrected chi connectivity index (χ3v) is 6.51. The molecule has 3 aromatic heterocycles. The maximum Gasteiger partial charge on any atom is 0.326 e. The fourth-order valence-electron chi connectivity index (χ4n) is 5.14. The molecule has 7 nitrogen and oxygen atoms in total. The molecule has 1 saturated carbocycles. The largest absolute Gasteiger partial charge is 0.481 e. The fourth-order valence-corrected chi connectivity index (χ4v) is 5.14. The first-order valence-corrected chi connectivity index (χ1v) is 9.69. The molecular formula is C20H26N4O3. The molecule has 1 aliphatic carbocycles. The van der Waals surface area contributed by atoms with E-state index in [4.69, 9.17) is 0 Å². The van der Waals surface area contributed by atoms with E-state index in [-0.39, 0.29) is 23.6 Å². The lowest BCUT2D eigenvalue weighted by Gasteiger charge is -2.45. The van der Waals surface area contributed by atoms with E-state index in [0.29, 0.717) is 12.8 Å². The zero-order chi connectivity index (χ0) is 19.3. The third kappa shape index (κ3) is 2.59. The number of fused-ring (bicyclic) bond motifs is 3. The molecule has 3 aromatic rings. The predicted octanol–water partition coefficient (Wildman–Crippen LogP) is 3.68. The molecule has 144 valence electrons. The summed E-state index contributed by atoms with van der Waals surface area (Å²) < 4.78 is 1.89. The van der Waals surface area contributed by atoms with E-state index in [1.165, 1.54) is 0 Å². The summed E-state index contributed by atoms with van der Waals surface area (Å²) in [6.45, 7) is 6.03. The molecule has 0 amide bonds. The van der Waals surface area contributed by atoms with Crippen LogP contribution < -0.4 is 5.69 Å². The van der Waals surface area contributed by atoms with E-state index >= 15 is 0 Å². The standard InChI is InChI=1S/C20H26N4O3/c1-4-11-8-20(3,18(25)26)9-12(5-2)15(11)24-16-13-6-7-21-17(13)22-10-14(16)23-19(24)27/h6-7,10-12,15H,4-5,8-9H2,1-3H3,(H,21,22)(H,23,27)(H,25,26). The van der Waals surface area contributed by atoms with E-state index < -0.39 is 11.4 Å². The van der Waals surface area contributed by atoms with Gasteiger partial charge in [-0.3, -0.25) is 9.36 Å². The number of nitrogens with zero attached hydrogens (tertiary/aromatic N) is 2. The molecule has 0 aliphatic heterocycles. The number of aromatic amines is 2. The Morgan fingerprint density at radius 3 is 2.59 bits per heavy atom. The Labute approximate surface area is 156 Å². The lowest BCUT2D eigenvalue weighted by molar-refractivity contribution is -0.153. The maximum atomic E-state index is 13.0. The number of pyridine rings is 1. The van der Waals surface area contributed by atoms with E-state index in [1.807, 2.05) is 23.8 Å². The van der Waals surface area contributed by atoms with Crippen LogP contribution in [0.1, 0.15) is 52.5 Å². The van der Waals surface area contributed by atoms with Crippen LogP contribution >= 0.6 is 0 Å². The first-order chi connectivity index (χ1) is 12.9. The Bertz CT molecular complexity index is 1050. The summed E-state index contributed by atoms with van der Waals surface area (Å²) in [4.78, 5) is 35.3. The van der Waals surface area contributed by atoms with Crippen LogP contribution in [0.5, 0.6) is 0 Å². The summed E-state index contributed by atoms with van der Waals surface area (Å²) in [6.07, 6.45) is 6.37. The van der Waals surface area contributed by atoms with Gasteiger partial charge in [-0.05, 0) is 37.7 Å². The van der Waals surface area contributed by atoms with Gasteiger partial charge in [0.1, 0.15) is 5.65 Å². The van der Waals surface area contributed by atoms with Gasteiger partial charge in [0.2, 0.25) is 0 Å². The van der Waals surface area contributed by atoms with Crippen molar-refractivity contribution < 1.29 is 9.90 Å². The molecular weight excluding hydrogens is 344 g/mol. The Kier molecular flexibility index (Phi) is 4.13. The van der Waals surface area contributed by atoms with Crippen molar-refractivity contribution in [1.82, 2.24) is 19.5 Å². The summed E-state index contributed by atoms with van der Waals surface area (Å²) in [7, 11) is 0. The van der Waals surface area contributed by atoms with Crippen molar-refractivity contribution in [3.05, 3.63) is 28.9 Å². The van der Waals surface area contributed by atoms with Gasteiger partial charge in [-0.25, -0.2) is 9.78 Å². The number of carboxylic acid groups (broad SMARTS) is 1. The minimum Gasteiger partial charge on any atom is -0.481 e. The quantitative estimate of drug-likeness (QED) is 0.651. The van der Waals surface area contributed by atoms with Crippen LogP contribution in [0.4, 0.5) is 0 Å². The zero-order valence-corrected chi connectivity index (χ0v) is 16.0. The second-order valence-corrected chi connectivity index (χ2v) is 8.16. The molecule has 7 heteroatoms. The van der Waals surface area contributed by atoms with E-state index in [9.17, 15) is 14.7 Å². The van der Waals surface area contributed by atoms with Gasteiger partial charge in [-0.1, -0.05) is 26.7 Å². The monoisotopic (exact) mass is 370 g/mol. The van der Waals surface area contributed by atoms with Gasteiger partial charge in [-0.15, -0.1) is 0 Å². The van der Waals surface area contributed by atoms with Crippen LogP contribution in [0.2, 0.25) is 0 Å². The van der Waals surface area contributed by atoms with Gasteiger partial charge in [0, 0.05) is 17.6 Å². The topological polar surface area (TPSA) is 104 Å². The molecule has 4 rings (SSSR count). The molecule has 0 aromatic carbocycles. The second-order valence-electron chi connectivity index (χ2n) is 8.16. The molecule has 3 N–H and O–H groups in total. The average Bonchev–Trinajstić information content (AvgIpc) is 3.24. The van der Waals surface area contributed by atoms with Gasteiger partial charge < -0.3 is 15.1 Å². The molecule has 0 radical (unpaired) electrons. The highest BCUT2D eigenvalue weighted by molar-refractivity contribution is 6.00. The van der Waals surface area contributed by atoms with E-state index in [1.54, 1.807) is 6.20 Å². The van der Waals surface area contributed by atoms with Crippen LogP contribution in [0.25, 0.3) is 22.1 Å².